The highest BCUT2D eigenvalue weighted by Crippen LogP contribution is 2.28. The summed E-state index contributed by atoms with van der Waals surface area (Å²) in [6, 6.07) is 0. The predicted molar refractivity (Wildman–Crippen MR) is 67.2 cm³/mol. The Labute approximate surface area is 93.2 Å². The highest BCUT2D eigenvalue weighted by atomic mass is 32.2. The van der Waals surface area contributed by atoms with Gasteiger partial charge in [0.05, 0.1) is 21.3 Å². The highest BCUT2D eigenvalue weighted by molar-refractivity contribution is 8.02. The van der Waals surface area contributed by atoms with Gasteiger partial charge in [0, 0.05) is 0 Å². The molecule has 1 aromatic rings. The predicted octanol–water partition coefficient (Wildman–Crippen LogP) is 3.51. The summed E-state index contributed by atoms with van der Waals surface area (Å²) in [7, 11) is 0. The summed E-state index contributed by atoms with van der Waals surface area (Å²) in [6.07, 6.45) is 0. The van der Waals surface area contributed by atoms with E-state index in [-0.39, 0.29) is 0 Å². The summed E-state index contributed by atoms with van der Waals surface area (Å²) >= 11 is 3.41. The van der Waals surface area contributed by atoms with Crippen LogP contribution in [0.15, 0.2) is 10.4 Å². The molecule has 14 heavy (non-hydrogen) atoms. The molecule has 0 N–H and O–H groups in total. The van der Waals surface area contributed by atoms with Crippen LogP contribution >= 0.6 is 23.1 Å². The normalized spacial score (nSPS) is 11.8. The first-order chi connectivity index (χ1) is 6.69. The van der Waals surface area contributed by atoms with Gasteiger partial charge in [0.2, 0.25) is 0 Å². The third-order valence-electron chi connectivity index (χ3n) is 1.67. The second kappa shape index (κ2) is 5.32. The van der Waals surface area contributed by atoms with E-state index >= 15 is 0 Å². The van der Waals surface area contributed by atoms with Crippen molar-refractivity contribution in [2.45, 2.75) is 20.8 Å². The highest BCUT2D eigenvalue weighted by Gasteiger charge is 2.08. The number of hydrogen-bond acceptors (Lipinski definition) is 4. The number of aromatic nitrogens is 1. The summed E-state index contributed by atoms with van der Waals surface area (Å²) in [5.74, 6) is 1.05. The molecule has 0 amide bonds. The van der Waals surface area contributed by atoms with Gasteiger partial charge in [-0.3, -0.25) is 4.99 Å². The van der Waals surface area contributed by atoms with E-state index in [9.17, 15) is 0 Å². The molecule has 76 valence electrons. The molecule has 4 heteroatoms. The van der Waals surface area contributed by atoms with E-state index in [0.29, 0.717) is 0 Å². The Morgan fingerprint density at radius 3 is 2.79 bits per heavy atom. The van der Waals surface area contributed by atoms with Crippen molar-refractivity contribution in [1.29, 1.82) is 0 Å². The van der Waals surface area contributed by atoms with Gasteiger partial charge in [0.25, 0.3) is 0 Å². The van der Waals surface area contributed by atoms with E-state index in [4.69, 9.17) is 0 Å². The molecule has 0 aliphatic carbocycles. The summed E-state index contributed by atoms with van der Waals surface area (Å²) in [6.45, 7) is 9.72. The fraction of sp³-hybridized carbons (Fsp3) is 0.400. The lowest BCUT2D eigenvalue weighted by molar-refractivity contribution is 1.19. The van der Waals surface area contributed by atoms with E-state index in [1.165, 1.54) is 0 Å². The third kappa shape index (κ3) is 2.69. The van der Waals surface area contributed by atoms with Crippen LogP contribution in [0.2, 0.25) is 0 Å². The lowest BCUT2D eigenvalue weighted by atomic mass is 10.3. The Kier molecular flexibility index (Phi) is 4.35. The number of thioether (sulfide) groups is 1. The lowest BCUT2D eigenvalue weighted by Crippen LogP contribution is -1.80. The van der Waals surface area contributed by atoms with Crippen LogP contribution in [0.25, 0.3) is 5.70 Å². The number of hydrogen-bond donors (Lipinski definition) is 0. The summed E-state index contributed by atoms with van der Waals surface area (Å²) in [4.78, 5) is 9.54. The minimum Gasteiger partial charge on any atom is -0.263 e. The van der Waals surface area contributed by atoms with E-state index in [1.807, 2.05) is 19.3 Å². The molecule has 0 bridgehead atoms. The summed E-state index contributed by atoms with van der Waals surface area (Å²) < 4.78 is 0. The van der Waals surface area contributed by atoms with Crippen LogP contribution in [0.5, 0.6) is 0 Å². The second-order valence-electron chi connectivity index (χ2n) is 2.76. The SMILES string of the molecule is C=N/C(=C\SCC)c1sc(C)nc1C. The molecule has 0 fully saturated rings. The topological polar surface area (TPSA) is 25.2 Å². The van der Waals surface area contributed by atoms with Gasteiger partial charge < -0.3 is 0 Å². The Bertz CT molecular complexity index is 353. The maximum Gasteiger partial charge on any atom is 0.0904 e. The third-order valence-corrected chi connectivity index (χ3v) is 3.49. The number of nitrogens with zero attached hydrogens (tertiary/aromatic N) is 2. The molecule has 1 aromatic heterocycles. The molecule has 0 radical (unpaired) electrons. The zero-order valence-corrected chi connectivity index (χ0v) is 10.3. The van der Waals surface area contributed by atoms with Crippen LogP contribution in [0.1, 0.15) is 22.5 Å². The Morgan fingerprint density at radius 1 is 1.64 bits per heavy atom. The molecule has 1 heterocycles. The van der Waals surface area contributed by atoms with E-state index in [1.54, 1.807) is 23.1 Å². The monoisotopic (exact) mass is 226 g/mol. The maximum atomic E-state index is 4.37. The minimum absolute atomic E-state index is 0.944. The van der Waals surface area contributed by atoms with E-state index in [2.05, 4.69) is 23.6 Å². The standard InChI is InChI=1S/C10H14N2S2/c1-5-13-6-9(11-4)10-7(2)12-8(3)14-10/h6H,4-5H2,1-3H3/b9-6-. The average molecular weight is 226 g/mol. The van der Waals surface area contributed by atoms with Gasteiger partial charge in [-0.1, -0.05) is 6.92 Å². The van der Waals surface area contributed by atoms with Crippen molar-refractivity contribution in [2.75, 3.05) is 5.75 Å². The van der Waals surface area contributed by atoms with Gasteiger partial charge in [0.1, 0.15) is 0 Å². The Hall–Kier alpha value is -0.610. The van der Waals surface area contributed by atoms with Crippen molar-refractivity contribution in [2.24, 2.45) is 4.99 Å². The number of rotatable bonds is 4. The van der Waals surface area contributed by atoms with Crippen molar-refractivity contribution in [3.8, 4) is 0 Å². The maximum absolute atomic E-state index is 4.37. The molecule has 0 aromatic carbocycles. The average Bonchev–Trinajstić information content (AvgIpc) is 2.47. The van der Waals surface area contributed by atoms with Crippen LogP contribution in [-0.4, -0.2) is 17.5 Å². The molecule has 1 rings (SSSR count). The zero-order chi connectivity index (χ0) is 10.6. The molecule has 0 spiro atoms. The zero-order valence-electron chi connectivity index (χ0n) is 8.70. The van der Waals surface area contributed by atoms with Crippen LogP contribution in [0.4, 0.5) is 0 Å². The first kappa shape index (κ1) is 11.5. The van der Waals surface area contributed by atoms with Crippen LogP contribution in [-0.2, 0) is 0 Å². The van der Waals surface area contributed by atoms with Gasteiger partial charge in [0.15, 0.2) is 0 Å². The van der Waals surface area contributed by atoms with Crippen LogP contribution in [0.3, 0.4) is 0 Å². The van der Waals surface area contributed by atoms with Crippen molar-refractivity contribution >= 4 is 35.5 Å². The number of thiazole rings is 1. The van der Waals surface area contributed by atoms with Gasteiger partial charge in [-0.15, -0.1) is 23.1 Å². The fourth-order valence-corrected chi connectivity index (χ4v) is 2.58. The summed E-state index contributed by atoms with van der Waals surface area (Å²) in [5, 5.41) is 3.13. The van der Waals surface area contributed by atoms with Crippen molar-refractivity contribution < 1.29 is 0 Å². The lowest BCUT2D eigenvalue weighted by Gasteiger charge is -1.97. The quantitative estimate of drug-likeness (QED) is 0.734. The Morgan fingerprint density at radius 2 is 2.36 bits per heavy atom. The van der Waals surface area contributed by atoms with E-state index < -0.39 is 0 Å². The number of aryl methyl sites for hydroxylation is 2. The van der Waals surface area contributed by atoms with E-state index in [0.717, 1.165) is 27.0 Å². The first-order valence-corrected chi connectivity index (χ1v) is 6.28. The molecule has 0 atom stereocenters. The van der Waals surface area contributed by atoms with Gasteiger partial charge in [-0.2, -0.15) is 0 Å². The fourth-order valence-electron chi connectivity index (χ4n) is 1.09. The molecule has 0 saturated heterocycles. The van der Waals surface area contributed by atoms with Crippen molar-refractivity contribution in [1.82, 2.24) is 4.98 Å². The van der Waals surface area contributed by atoms with Crippen LogP contribution < -0.4 is 0 Å². The molecule has 0 aliphatic heterocycles. The second-order valence-corrected chi connectivity index (χ2v) is 5.11. The molecule has 0 saturated carbocycles. The minimum atomic E-state index is 0.944. The first-order valence-electron chi connectivity index (χ1n) is 4.42. The molecular weight excluding hydrogens is 212 g/mol. The number of aliphatic imine (C=N–C) groups is 1. The molecule has 0 unspecified atom stereocenters. The van der Waals surface area contributed by atoms with Gasteiger partial charge >= 0.3 is 0 Å². The summed E-state index contributed by atoms with van der Waals surface area (Å²) in [5.41, 5.74) is 1.99. The largest absolute Gasteiger partial charge is 0.263 e. The van der Waals surface area contributed by atoms with Crippen molar-refractivity contribution in [3.63, 3.8) is 0 Å². The van der Waals surface area contributed by atoms with Crippen LogP contribution in [0, 0.1) is 13.8 Å². The molecular formula is C10H14N2S2. The smallest absolute Gasteiger partial charge is 0.0904 e. The molecule has 0 aliphatic rings. The Balaban J connectivity index is 3.00. The van der Waals surface area contributed by atoms with Crippen molar-refractivity contribution in [3.05, 3.63) is 21.0 Å². The molecule has 2 nitrogen and oxygen atoms in total. The van der Waals surface area contributed by atoms with Gasteiger partial charge in [-0.05, 0) is 31.7 Å². The van der Waals surface area contributed by atoms with Gasteiger partial charge in [-0.25, -0.2) is 4.98 Å².